The van der Waals surface area contributed by atoms with Gasteiger partial charge in [0.2, 0.25) is 0 Å². The van der Waals surface area contributed by atoms with Gasteiger partial charge in [-0.15, -0.1) is 11.3 Å². The first-order valence-electron chi connectivity index (χ1n) is 8.71. The van der Waals surface area contributed by atoms with E-state index in [1.165, 1.54) is 29.9 Å². The molecule has 2 aromatic rings. The molecule has 0 radical (unpaired) electrons. The van der Waals surface area contributed by atoms with E-state index in [4.69, 9.17) is 4.74 Å². The number of likely N-dealkylation sites (tertiary alicyclic amines) is 1. The predicted molar refractivity (Wildman–Crippen MR) is 99.6 cm³/mol. The number of aromatic nitrogens is 2. The molecule has 27 heavy (non-hydrogen) atoms. The number of nitrogens with zero attached hydrogens (tertiary/aromatic N) is 3. The fourth-order valence-electron chi connectivity index (χ4n) is 2.93. The molecule has 9 heteroatoms. The second kappa shape index (κ2) is 8.72. The summed E-state index contributed by atoms with van der Waals surface area (Å²) in [7, 11) is 0. The van der Waals surface area contributed by atoms with Crippen LogP contribution in [0.5, 0.6) is 0 Å². The molecule has 3 rings (SSSR count). The van der Waals surface area contributed by atoms with Crippen molar-refractivity contribution >= 4 is 34.8 Å². The van der Waals surface area contributed by atoms with Crippen molar-refractivity contribution in [1.29, 1.82) is 0 Å². The van der Waals surface area contributed by atoms with E-state index in [1.807, 2.05) is 0 Å². The molecule has 0 aliphatic carbocycles. The van der Waals surface area contributed by atoms with E-state index in [-0.39, 0.29) is 23.5 Å². The smallest absolute Gasteiger partial charge is 0.310 e. The maximum atomic E-state index is 12.9. The van der Waals surface area contributed by atoms with Gasteiger partial charge < -0.3 is 15.0 Å². The number of carbonyl (C=O) groups excluding carboxylic acids is 3. The number of thiophene rings is 1. The van der Waals surface area contributed by atoms with E-state index in [9.17, 15) is 14.4 Å². The van der Waals surface area contributed by atoms with Crippen molar-refractivity contribution in [3.63, 3.8) is 0 Å². The number of nitrogens with one attached hydrogen (secondary N) is 1. The average molecular weight is 388 g/mol. The lowest BCUT2D eigenvalue weighted by atomic mass is 9.98. The Balaban J connectivity index is 1.70. The summed E-state index contributed by atoms with van der Waals surface area (Å²) in [5, 5.41) is 4.45. The third kappa shape index (κ3) is 4.48. The fourth-order valence-corrected chi connectivity index (χ4v) is 3.75. The molecular formula is C18H20N4O4S. The summed E-state index contributed by atoms with van der Waals surface area (Å²) in [4.78, 5) is 47.1. The highest BCUT2D eigenvalue weighted by molar-refractivity contribution is 7.12. The monoisotopic (exact) mass is 388 g/mol. The molecule has 1 fully saturated rings. The molecular weight excluding hydrogens is 368 g/mol. The van der Waals surface area contributed by atoms with Crippen molar-refractivity contribution in [1.82, 2.24) is 14.9 Å². The van der Waals surface area contributed by atoms with Crippen molar-refractivity contribution in [2.75, 3.05) is 25.0 Å². The summed E-state index contributed by atoms with van der Waals surface area (Å²) >= 11 is 1.25. The lowest BCUT2D eigenvalue weighted by Crippen LogP contribution is -2.42. The highest BCUT2D eigenvalue weighted by atomic mass is 32.1. The van der Waals surface area contributed by atoms with Crippen LogP contribution in [0.25, 0.3) is 0 Å². The molecule has 0 aromatic carbocycles. The number of rotatable bonds is 5. The molecule has 0 saturated carbocycles. The Hall–Kier alpha value is -2.81. The first-order valence-corrected chi connectivity index (χ1v) is 9.59. The quantitative estimate of drug-likeness (QED) is 0.788. The van der Waals surface area contributed by atoms with Gasteiger partial charge in [0, 0.05) is 25.5 Å². The molecule has 2 amide bonds. The van der Waals surface area contributed by atoms with Crippen molar-refractivity contribution in [2.24, 2.45) is 5.92 Å². The van der Waals surface area contributed by atoms with Crippen LogP contribution in [0.1, 0.15) is 39.9 Å². The molecule has 0 spiro atoms. The van der Waals surface area contributed by atoms with Gasteiger partial charge in [0.05, 0.1) is 24.4 Å². The maximum Gasteiger partial charge on any atom is 0.310 e. The standard InChI is InChI=1S/C18H20N4O4S/c1-2-26-18(25)12-4-3-8-22(11-12)17(24)15-13(5-9-27-15)21-16(23)14-10-19-6-7-20-14/h5-7,9-10,12H,2-4,8,11H2,1H3,(H,21,23)/t12-/m1/s1. The predicted octanol–water partition coefficient (Wildman–Crippen LogP) is 2.21. The van der Waals surface area contributed by atoms with Crippen LogP contribution in [0, 0.1) is 5.92 Å². The van der Waals surface area contributed by atoms with Crippen molar-refractivity contribution in [3.8, 4) is 0 Å². The summed E-state index contributed by atoms with van der Waals surface area (Å²) < 4.78 is 5.08. The molecule has 1 aliphatic rings. The van der Waals surface area contributed by atoms with Gasteiger partial charge in [-0.1, -0.05) is 0 Å². The van der Waals surface area contributed by atoms with E-state index >= 15 is 0 Å². The highest BCUT2D eigenvalue weighted by Crippen LogP contribution is 2.27. The maximum absolute atomic E-state index is 12.9. The number of ether oxygens (including phenoxy) is 1. The van der Waals surface area contributed by atoms with E-state index < -0.39 is 5.91 Å². The van der Waals surface area contributed by atoms with Crippen molar-refractivity contribution < 1.29 is 19.1 Å². The summed E-state index contributed by atoms with van der Waals surface area (Å²) in [6.45, 7) is 2.99. The van der Waals surface area contributed by atoms with Crippen molar-refractivity contribution in [2.45, 2.75) is 19.8 Å². The average Bonchev–Trinajstić information content (AvgIpc) is 3.16. The number of carbonyl (C=O) groups is 3. The Morgan fingerprint density at radius 3 is 2.96 bits per heavy atom. The molecule has 1 N–H and O–H groups in total. The number of esters is 1. The van der Waals surface area contributed by atoms with Crippen LogP contribution in [0.3, 0.4) is 0 Å². The second-order valence-electron chi connectivity index (χ2n) is 6.05. The third-order valence-electron chi connectivity index (χ3n) is 4.23. The van der Waals surface area contributed by atoms with E-state index in [0.29, 0.717) is 36.7 Å². The fraction of sp³-hybridized carbons (Fsp3) is 0.389. The molecule has 8 nitrogen and oxygen atoms in total. The van der Waals surface area contributed by atoms with Gasteiger partial charge in [-0.25, -0.2) is 4.98 Å². The van der Waals surface area contributed by atoms with Crippen LogP contribution in [-0.2, 0) is 9.53 Å². The molecule has 0 unspecified atom stereocenters. The zero-order chi connectivity index (χ0) is 19.2. The minimum atomic E-state index is -0.432. The second-order valence-corrected chi connectivity index (χ2v) is 6.97. The number of anilines is 1. The molecule has 2 aromatic heterocycles. The Kier molecular flexibility index (Phi) is 6.12. The Labute approximate surface area is 160 Å². The molecule has 0 bridgehead atoms. The zero-order valence-electron chi connectivity index (χ0n) is 14.9. The van der Waals surface area contributed by atoms with Crippen LogP contribution < -0.4 is 5.32 Å². The lowest BCUT2D eigenvalue weighted by Gasteiger charge is -2.31. The summed E-state index contributed by atoms with van der Waals surface area (Å²) in [6.07, 6.45) is 5.72. The molecule has 3 heterocycles. The summed E-state index contributed by atoms with van der Waals surface area (Å²) in [5.41, 5.74) is 0.598. The largest absolute Gasteiger partial charge is 0.466 e. The zero-order valence-corrected chi connectivity index (χ0v) is 15.7. The van der Waals surface area contributed by atoms with Crippen LogP contribution in [0.15, 0.2) is 30.0 Å². The summed E-state index contributed by atoms with van der Waals surface area (Å²) in [5.74, 6) is -1.20. The topological polar surface area (TPSA) is 101 Å². The Morgan fingerprint density at radius 1 is 1.37 bits per heavy atom. The summed E-state index contributed by atoms with van der Waals surface area (Å²) in [6, 6.07) is 1.68. The first-order chi connectivity index (χ1) is 13.1. The minimum Gasteiger partial charge on any atom is -0.466 e. The van der Waals surface area contributed by atoms with Crippen LogP contribution in [-0.4, -0.2) is 52.3 Å². The van der Waals surface area contributed by atoms with Crippen LogP contribution in [0.2, 0.25) is 0 Å². The lowest BCUT2D eigenvalue weighted by molar-refractivity contribution is -0.149. The molecule has 142 valence electrons. The number of amides is 2. The minimum absolute atomic E-state index is 0.169. The van der Waals surface area contributed by atoms with Gasteiger partial charge in [-0.2, -0.15) is 0 Å². The van der Waals surface area contributed by atoms with Gasteiger partial charge >= 0.3 is 5.97 Å². The number of piperidine rings is 1. The molecule has 1 saturated heterocycles. The van der Waals surface area contributed by atoms with E-state index in [1.54, 1.807) is 23.3 Å². The molecule has 1 aliphatic heterocycles. The highest BCUT2D eigenvalue weighted by Gasteiger charge is 2.31. The van der Waals surface area contributed by atoms with E-state index in [2.05, 4.69) is 15.3 Å². The van der Waals surface area contributed by atoms with Crippen molar-refractivity contribution in [3.05, 3.63) is 40.6 Å². The number of hydrogen-bond donors (Lipinski definition) is 1. The third-order valence-corrected chi connectivity index (χ3v) is 5.13. The van der Waals surface area contributed by atoms with Gasteiger partial charge in [0.25, 0.3) is 11.8 Å². The Bertz CT molecular complexity index is 824. The SMILES string of the molecule is CCOC(=O)[C@@H]1CCCN(C(=O)c2sccc2NC(=O)c2cnccn2)C1. The van der Waals surface area contributed by atoms with Crippen LogP contribution in [0.4, 0.5) is 5.69 Å². The van der Waals surface area contributed by atoms with Crippen LogP contribution >= 0.6 is 11.3 Å². The van der Waals surface area contributed by atoms with Gasteiger partial charge in [-0.05, 0) is 31.2 Å². The molecule has 1 atom stereocenters. The van der Waals surface area contributed by atoms with Gasteiger partial charge in [-0.3, -0.25) is 19.4 Å². The first kappa shape index (κ1) is 19.0. The Morgan fingerprint density at radius 2 is 2.22 bits per heavy atom. The van der Waals surface area contributed by atoms with E-state index in [0.717, 1.165) is 6.42 Å². The van der Waals surface area contributed by atoms with Gasteiger partial charge in [0.15, 0.2) is 0 Å². The van der Waals surface area contributed by atoms with Gasteiger partial charge in [0.1, 0.15) is 10.6 Å². The number of hydrogen-bond acceptors (Lipinski definition) is 7. The normalized spacial score (nSPS) is 16.6.